The summed E-state index contributed by atoms with van der Waals surface area (Å²) in [5.41, 5.74) is 1.64. The van der Waals surface area contributed by atoms with E-state index in [4.69, 9.17) is 25.9 Å². The number of ether oxygens (including phenoxy) is 2. The van der Waals surface area contributed by atoms with Crippen molar-refractivity contribution in [3.05, 3.63) is 65.9 Å². The first-order valence-corrected chi connectivity index (χ1v) is 16.1. The third kappa shape index (κ3) is 4.25. The van der Waals surface area contributed by atoms with Gasteiger partial charge in [-0.2, -0.15) is 9.97 Å². The van der Waals surface area contributed by atoms with Crippen molar-refractivity contribution in [2.45, 2.75) is 49.3 Å². The number of hydrogen-bond acceptors (Lipinski definition) is 8. The number of halogens is 2. The van der Waals surface area contributed by atoms with Gasteiger partial charge >= 0.3 is 6.01 Å². The Morgan fingerprint density at radius 1 is 1.13 bits per heavy atom. The Bertz CT molecular complexity index is 1970. The molecule has 46 heavy (non-hydrogen) atoms. The summed E-state index contributed by atoms with van der Waals surface area (Å²) < 4.78 is 44.0. The molecule has 5 saturated heterocycles. The predicted molar refractivity (Wildman–Crippen MR) is 172 cm³/mol. The Hall–Kier alpha value is -4.17. The lowest BCUT2D eigenvalue weighted by atomic mass is 9.89. The Morgan fingerprint density at radius 2 is 1.98 bits per heavy atom. The minimum absolute atomic E-state index is 0.0525. The average molecular weight is 621 g/mol. The molecule has 2 bridgehead atoms. The SMILES string of the molecule is C#Cc1c(F)ccc2cccc(-c3ncc4c(N5CC6CCC(C5)N6)nc(OCC56CC(=C)CN5C5COCC5C6)nc4c3F)c12. The second-order valence-corrected chi connectivity index (χ2v) is 13.7. The number of aromatic nitrogens is 3. The molecule has 5 aliphatic rings. The highest BCUT2D eigenvalue weighted by Gasteiger charge is 2.57. The molecule has 0 saturated carbocycles. The minimum atomic E-state index is -0.620. The highest BCUT2D eigenvalue weighted by Crippen LogP contribution is 2.49. The van der Waals surface area contributed by atoms with E-state index in [9.17, 15) is 4.39 Å². The Balaban J connectivity index is 1.16. The van der Waals surface area contributed by atoms with E-state index in [0.29, 0.717) is 58.2 Å². The Morgan fingerprint density at radius 3 is 2.80 bits per heavy atom. The fourth-order valence-electron chi connectivity index (χ4n) is 8.87. The van der Waals surface area contributed by atoms with Crippen molar-refractivity contribution in [2.24, 2.45) is 5.92 Å². The zero-order valence-corrected chi connectivity index (χ0v) is 25.4. The summed E-state index contributed by atoms with van der Waals surface area (Å²) in [4.78, 5) is 18.9. The van der Waals surface area contributed by atoms with Crippen molar-refractivity contribution >= 4 is 27.5 Å². The van der Waals surface area contributed by atoms with Gasteiger partial charge in [0.25, 0.3) is 0 Å². The maximum Gasteiger partial charge on any atom is 0.319 e. The average Bonchev–Trinajstić information content (AvgIpc) is 3.80. The predicted octanol–water partition coefficient (Wildman–Crippen LogP) is 4.84. The largest absolute Gasteiger partial charge is 0.461 e. The lowest BCUT2D eigenvalue weighted by Gasteiger charge is -2.35. The van der Waals surface area contributed by atoms with Gasteiger partial charge in [0.1, 0.15) is 29.5 Å². The Labute approximate surface area is 265 Å². The van der Waals surface area contributed by atoms with Crippen LogP contribution in [-0.2, 0) is 4.74 Å². The second-order valence-electron chi connectivity index (χ2n) is 13.7. The van der Waals surface area contributed by atoms with Crippen molar-refractivity contribution in [3.8, 4) is 29.6 Å². The maximum atomic E-state index is 16.9. The van der Waals surface area contributed by atoms with Crippen LogP contribution in [-0.4, -0.2) is 83.0 Å². The summed E-state index contributed by atoms with van der Waals surface area (Å²) >= 11 is 0. The van der Waals surface area contributed by atoms with E-state index in [1.165, 1.54) is 11.6 Å². The molecule has 0 amide bonds. The van der Waals surface area contributed by atoms with Crippen LogP contribution in [0, 0.1) is 29.9 Å². The van der Waals surface area contributed by atoms with E-state index in [0.717, 1.165) is 58.5 Å². The molecular weight excluding hydrogens is 586 g/mol. The van der Waals surface area contributed by atoms with Crippen LogP contribution < -0.4 is 15.0 Å². The molecule has 8 nitrogen and oxygen atoms in total. The zero-order chi connectivity index (χ0) is 31.2. The van der Waals surface area contributed by atoms with Crippen molar-refractivity contribution in [1.82, 2.24) is 25.2 Å². The fraction of sp³-hybridized carbons (Fsp3) is 0.417. The number of terminal acetylenes is 1. The Kier molecular flexibility index (Phi) is 6.36. The molecule has 5 atom stereocenters. The first-order chi connectivity index (χ1) is 22.4. The van der Waals surface area contributed by atoms with E-state index in [1.54, 1.807) is 24.4 Å². The van der Waals surface area contributed by atoms with E-state index >= 15 is 4.39 Å². The van der Waals surface area contributed by atoms with Crippen LogP contribution in [0.25, 0.3) is 32.9 Å². The van der Waals surface area contributed by atoms with Gasteiger partial charge in [-0.1, -0.05) is 42.3 Å². The van der Waals surface area contributed by atoms with Gasteiger partial charge in [0, 0.05) is 60.8 Å². The van der Waals surface area contributed by atoms with E-state index in [1.807, 2.05) is 6.07 Å². The van der Waals surface area contributed by atoms with E-state index < -0.39 is 11.6 Å². The van der Waals surface area contributed by atoms with Crippen molar-refractivity contribution in [1.29, 1.82) is 0 Å². The van der Waals surface area contributed by atoms with Crippen molar-refractivity contribution in [2.75, 3.05) is 44.4 Å². The zero-order valence-electron chi connectivity index (χ0n) is 25.4. The molecule has 0 aliphatic carbocycles. The van der Waals surface area contributed by atoms with Gasteiger partial charge in [-0.05, 0) is 37.1 Å². The van der Waals surface area contributed by atoms with Crippen molar-refractivity contribution < 1.29 is 18.3 Å². The smallest absolute Gasteiger partial charge is 0.319 e. The van der Waals surface area contributed by atoms with Gasteiger partial charge in [-0.15, -0.1) is 6.42 Å². The summed E-state index contributed by atoms with van der Waals surface area (Å²) in [6.45, 7) is 8.50. The molecule has 9 rings (SSSR count). The number of nitrogens with one attached hydrogen (secondary N) is 1. The molecular formula is C36H34F2N6O2. The fourth-order valence-corrected chi connectivity index (χ4v) is 8.87. The van der Waals surface area contributed by atoms with E-state index in [-0.39, 0.29) is 28.3 Å². The lowest BCUT2D eigenvalue weighted by molar-refractivity contribution is 0.0582. The van der Waals surface area contributed by atoms with Crippen LogP contribution in [0.15, 0.2) is 48.7 Å². The van der Waals surface area contributed by atoms with Crippen LogP contribution in [0.5, 0.6) is 6.01 Å². The molecule has 7 heterocycles. The number of hydrogen-bond donors (Lipinski definition) is 1. The second kappa shape index (κ2) is 10.4. The van der Waals surface area contributed by atoms with Crippen LogP contribution in [0.3, 0.4) is 0 Å². The number of rotatable bonds is 5. The third-order valence-electron chi connectivity index (χ3n) is 10.8. The molecule has 5 aliphatic heterocycles. The van der Waals surface area contributed by atoms with E-state index in [2.05, 4.69) is 32.6 Å². The molecule has 0 spiro atoms. The van der Waals surface area contributed by atoms with Gasteiger partial charge < -0.3 is 19.7 Å². The maximum absolute atomic E-state index is 16.9. The number of anilines is 1. The van der Waals surface area contributed by atoms with Gasteiger partial charge in [-0.3, -0.25) is 9.88 Å². The third-order valence-corrected chi connectivity index (χ3v) is 10.8. The summed E-state index contributed by atoms with van der Waals surface area (Å²) in [6.07, 6.45) is 11.3. The van der Waals surface area contributed by atoms with Gasteiger partial charge in [0.2, 0.25) is 0 Å². The van der Waals surface area contributed by atoms with Crippen LogP contribution in [0.4, 0.5) is 14.6 Å². The molecule has 4 aromatic rings. The monoisotopic (exact) mass is 620 g/mol. The number of fused-ring (bicyclic) bond motifs is 7. The topological polar surface area (TPSA) is 75.6 Å². The minimum Gasteiger partial charge on any atom is -0.461 e. The molecule has 5 unspecified atom stereocenters. The molecule has 10 heteroatoms. The number of benzene rings is 2. The first kappa shape index (κ1) is 28.1. The molecule has 5 fully saturated rings. The summed E-state index contributed by atoms with van der Waals surface area (Å²) in [5, 5.41) is 5.32. The van der Waals surface area contributed by atoms with Crippen LogP contribution >= 0.6 is 0 Å². The quantitative estimate of drug-likeness (QED) is 0.251. The van der Waals surface area contributed by atoms with Crippen LogP contribution in [0.1, 0.15) is 31.2 Å². The summed E-state index contributed by atoms with van der Waals surface area (Å²) in [7, 11) is 0. The van der Waals surface area contributed by atoms with Crippen LogP contribution in [0.2, 0.25) is 0 Å². The number of pyridine rings is 1. The normalized spacial score (nSPS) is 28.6. The summed E-state index contributed by atoms with van der Waals surface area (Å²) in [5.74, 6) is 2.38. The highest BCUT2D eigenvalue weighted by atomic mass is 19.1. The molecule has 2 aromatic heterocycles. The lowest BCUT2D eigenvalue weighted by Crippen LogP contribution is -2.51. The van der Waals surface area contributed by atoms with Gasteiger partial charge in [0.15, 0.2) is 5.82 Å². The van der Waals surface area contributed by atoms with Gasteiger partial charge in [0.05, 0.1) is 29.7 Å². The number of nitrogens with zero attached hydrogens (tertiary/aromatic N) is 5. The highest BCUT2D eigenvalue weighted by molar-refractivity contribution is 6.02. The first-order valence-electron chi connectivity index (χ1n) is 16.1. The molecule has 2 aromatic carbocycles. The molecule has 0 radical (unpaired) electrons. The molecule has 1 N–H and O–H groups in total. The number of piperazine rings is 1. The van der Waals surface area contributed by atoms with Gasteiger partial charge in [-0.25, -0.2) is 8.78 Å². The summed E-state index contributed by atoms with van der Waals surface area (Å²) in [6, 6.07) is 9.49. The van der Waals surface area contributed by atoms with Crippen molar-refractivity contribution in [3.63, 3.8) is 0 Å². The molecule has 234 valence electrons. The standard InChI is InChI=1S/C36H34F2N6O2/c1-3-25-28(37)10-7-21-5-4-6-26(30(21)25)32-31(38)33-27(13-39-32)34(43-15-23-8-9-24(16-43)40-23)42-35(41-33)46-19-36-11-20(2)14-44(36)29-18-45-17-22(29)12-36/h1,4-7,10,13,22-24,29,40H,2,8-9,11-12,14-19H2.